The number of halogens is 1. The maximum atomic E-state index is 5.89. The van der Waals surface area contributed by atoms with E-state index in [9.17, 15) is 0 Å². The first kappa shape index (κ1) is 6.38. The molecule has 0 saturated heterocycles. The van der Waals surface area contributed by atoms with E-state index in [2.05, 4.69) is 11.4 Å². The molecule has 1 heterocycles. The van der Waals surface area contributed by atoms with Crippen molar-refractivity contribution in [2.75, 3.05) is 11.2 Å². The van der Waals surface area contributed by atoms with Crippen molar-refractivity contribution in [2.24, 2.45) is 0 Å². The summed E-state index contributed by atoms with van der Waals surface area (Å²) in [6.07, 6.45) is 0. The predicted molar refractivity (Wildman–Crippen MR) is 45.8 cm³/mol. The summed E-state index contributed by atoms with van der Waals surface area (Å²) in [5, 5.41) is 4.02. The van der Waals surface area contributed by atoms with Gasteiger partial charge in [-0.1, -0.05) is 17.7 Å². The van der Waals surface area contributed by atoms with Crippen LogP contribution in [0.2, 0.25) is 5.02 Å². The van der Waals surface area contributed by atoms with Gasteiger partial charge in [0.05, 0.1) is 16.6 Å². The van der Waals surface area contributed by atoms with Crippen LogP contribution in [0.15, 0.2) is 23.1 Å². The summed E-state index contributed by atoms with van der Waals surface area (Å²) >= 11 is 7.68. The zero-order valence-corrected chi connectivity index (χ0v) is 6.80. The second-order valence-electron chi connectivity index (χ2n) is 2.08. The Kier molecular flexibility index (Phi) is 1.51. The van der Waals surface area contributed by atoms with Crippen LogP contribution in [0.4, 0.5) is 5.69 Å². The van der Waals surface area contributed by atoms with Gasteiger partial charge in [-0.15, -0.1) is 11.8 Å². The first-order valence-electron chi connectivity index (χ1n) is 3.03. The minimum Gasteiger partial charge on any atom is -0.374 e. The van der Waals surface area contributed by atoms with Gasteiger partial charge in [0, 0.05) is 4.90 Å². The lowest BCUT2D eigenvalue weighted by Crippen LogP contribution is -1.88. The summed E-state index contributed by atoms with van der Waals surface area (Å²) < 4.78 is 0. The number of nitrogens with one attached hydrogen (secondary N) is 1. The highest BCUT2D eigenvalue weighted by Gasteiger charge is 2.11. The smallest absolute Gasteiger partial charge is 0.0674 e. The van der Waals surface area contributed by atoms with Crippen LogP contribution < -0.4 is 5.32 Å². The van der Waals surface area contributed by atoms with Crippen molar-refractivity contribution in [1.29, 1.82) is 0 Å². The Morgan fingerprint density at radius 1 is 1.50 bits per heavy atom. The van der Waals surface area contributed by atoms with Crippen molar-refractivity contribution in [3.05, 3.63) is 23.2 Å². The Morgan fingerprint density at radius 2 is 2.40 bits per heavy atom. The highest BCUT2D eigenvalue weighted by molar-refractivity contribution is 7.99. The number of para-hydroxylation sites is 1. The Bertz CT molecular complexity index is 262. The third-order valence-corrected chi connectivity index (χ3v) is 2.71. The molecule has 3 heteroatoms. The topological polar surface area (TPSA) is 12.0 Å². The fourth-order valence-electron chi connectivity index (χ4n) is 0.982. The van der Waals surface area contributed by atoms with E-state index in [0.29, 0.717) is 0 Å². The first-order chi connectivity index (χ1) is 4.88. The zero-order chi connectivity index (χ0) is 6.97. The summed E-state index contributed by atoms with van der Waals surface area (Å²) in [5.74, 6) is 0.944. The molecule has 0 saturated carbocycles. The third kappa shape index (κ3) is 0.879. The fraction of sp³-hybridized carbons (Fsp3) is 0.143. The van der Waals surface area contributed by atoms with Crippen LogP contribution in [0.1, 0.15) is 0 Å². The van der Waals surface area contributed by atoms with E-state index in [1.807, 2.05) is 12.1 Å². The maximum Gasteiger partial charge on any atom is 0.0674 e. The molecule has 1 aliphatic heterocycles. The van der Waals surface area contributed by atoms with Gasteiger partial charge in [0.15, 0.2) is 0 Å². The Labute approximate surface area is 68.8 Å². The molecule has 0 amide bonds. The van der Waals surface area contributed by atoms with Gasteiger partial charge in [-0.2, -0.15) is 0 Å². The lowest BCUT2D eigenvalue weighted by Gasteiger charge is -1.98. The van der Waals surface area contributed by atoms with Gasteiger partial charge in [-0.25, -0.2) is 0 Å². The molecule has 10 heavy (non-hydrogen) atoms. The molecule has 1 nitrogen and oxygen atoms in total. The Hall–Kier alpha value is -0.340. The van der Waals surface area contributed by atoms with E-state index < -0.39 is 0 Å². The van der Waals surface area contributed by atoms with Crippen LogP contribution in [-0.2, 0) is 0 Å². The number of fused-ring (bicyclic) bond motifs is 1. The number of rotatable bonds is 0. The molecule has 2 rings (SSSR count). The average molecular weight is 172 g/mol. The summed E-state index contributed by atoms with van der Waals surface area (Å²) in [7, 11) is 0. The number of benzene rings is 1. The van der Waals surface area contributed by atoms with E-state index in [1.165, 1.54) is 4.90 Å². The molecule has 52 valence electrons. The SMILES string of the molecule is Clc1cccc2c1NCS2. The first-order valence-corrected chi connectivity index (χ1v) is 4.39. The Balaban J connectivity index is 2.59. The molecule has 0 bridgehead atoms. The molecule has 0 aromatic heterocycles. The highest BCUT2D eigenvalue weighted by Crippen LogP contribution is 2.38. The summed E-state index contributed by atoms with van der Waals surface area (Å²) in [5.41, 5.74) is 1.09. The number of anilines is 1. The molecule has 0 spiro atoms. The zero-order valence-electron chi connectivity index (χ0n) is 5.23. The van der Waals surface area contributed by atoms with Crippen molar-refractivity contribution in [2.45, 2.75) is 4.90 Å². The second-order valence-corrected chi connectivity index (χ2v) is 3.50. The summed E-state index contributed by atoms with van der Waals surface area (Å²) in [6, 6.07) is 5.95. The molecule has 0 unspecified atom stereocenters. The molecule has 0 atom stereocenters. The van der Waals surface area contributed by atoms with Gasteiger partial charge in [0.1, 0.15) is 0 Å². The molecule has 1 aromatic rings. The van der Waals surface area contributed by atoms with Crippen LogP contribution in [0, 0.1) is 0 Å². The van der Waals surface area contributed by atoms with Crippen LogP contribution >= 0.6 is 23.4 Å². The largest absolute Gasteiger partial charge is 0.374 e. The summed E-state index contributed by atoms with van der Waals surface area (Å²) in [4.78, 5) is 1.26. The molecular weight excluding hydrogens is 166 g/mol. The van der Waals surface area contributed by atoms with Gasteiger partial charge in [0.25, 0.3) is 0 Å². The van der Waals surface area contributed by atoms with E-state index in [1.54, 1.807) is 11.8 Å². The molecule has 1 aromatic carbocycles. The van der Waals surface area contributed by atoms with E-state index in [4.69, 9.17) is 11.6 Å². The molecule has 1 aliphatic rings. The normalized spacial score (nSPS) is 14.5. The second kappa shape index (κ2) is 2.36. The Morgan fingerprint density at radius 3 is 3.20 bits per heavy atom. The van der Waals surface area contributed by atoms with Gasteiger partial charge in [-0.3, -0.25) is 0 Å². The quantitative estimate of drug-likeness (QED) is 0.645. The van der Waals surface area contributed by atoms with Crippen molar-refractivity contribution < 1.29 is 0 Å². The number of hydrogen-bond donors (Lipinski definition) is 1. The molecule has 1 N–H and O–H groups in total. The van der Waals surface area contributed by atoms with Crippen LogP contribution in [0.3, 0.4) is 0 Å². The molecular formula is C7H6ClNS. The van der Waals surface area contributed by atoms with Crippen molar-refractivity contribution in [3.63, 3.8) is 0 Å². The van der Waals surface area contributed by atoms with Gasteiger partial charge < -0.3 is 5.32 Å². The van der Waals surface area contributed by atoms with Crippen molar-refractivity contribution >= 4 is 29.1 Å². The van der Waals surface area contributed by atoms with Crippen LogP contribution in [0.5, 0.6) is 0 Å². The van der Waals surface area contributed by atoms with Gasteiger partial charge >= 0.3 is 0 Å². The minimum absolute atomic E-state index is 0.822. The molecule has 0 radical (unpaired) electrons. The van der Waals surface area contributed by atoms with E-state index in [0.717, 1.165) is 16.6 Å². The summed E-state index contributed by atoms with van der Waals surface area (Å²) in [6.45, 7) is 0. The monoisotopic (exact) mass is 171 g/mol. The number of thioether (sulfide) groups is 1. The van der Waals surface area contributed by atoms with Crippen LogP contribution in [-0.4, -0.2) is 5.88 Å². The van der Waals surface area contributed by atoms with Gasteiger partial charge in [-0.05, 0) is 12.1 Å². The van der Waals surface area contributed by atoms with E-state index in [-0.39, 0.29) is 0 Å². The lowest BCUT2D eigenvalue weighted by molar-refractivity contribution is 1.43. The van der Waals surface area contributed by atoms with Crippen LogP contribution in [0.25, 0.3) is 0 Å². The number of hydrogen-bond acceptors (Lipinski definition) is 2. The minimum atomic E-state index is 0.822. The average Bonchev–Trinajstić information content (AvgIpc) is 2.36. The standard InChI is InChI=1S/C7H6ClNS/c8-5-2-1-3-6-7(5)9-4-10-6/h1-3,9H,4H2. The third-order valence-electron chi connectivity index (χ3n) is 1.45. The maximum absolute atomic E-state index is 5.89. The lowest BCUT2D eigenvalue weighted by atomic mass is 10.3. The van der Waals surface area contributed by atoms with Crippen molar-refractivity contribution in [1.82, 2.24) is 0 Å². The molecule has 0 fully saturated rings. The van der Waals surface area contributed by atoms with Gasteiger partial charge in [0.2, 0.25) is 0 Å². The molecule has 0 aliphatic carbocycles. The highest BCUT2D eigenvalue weighted by atomic mass is 35.5. The fourth-order valence-corrected chi connectivity index (χ4v) is 2.15. The van der Waals surface area contributed by atoms with Crippen molar-refractivity contribution in [3.8, 4) is 0 Å². The predicted octanol–water partition coefficient (Wildman–Crippen LogP) is 2.82. The van der Waals surface area contributed by atoms with E-state index >= 15 is 0 Å².